The number of halogens is 1. The average Bonchev–Trinajstić information content (AvgIpc) is 3.47. The number of ether oxygens (including phenoxy) is 2. The molecular weight excluding hydrogens is 595 g/mol. The Balaban J connectivity index is 1.27. The molecule has 0 radical (unpaired) electrons. The molecule has 0 spiro atoms. The first-order chi connectivity index (χ1) is 21.7. The minimum atomic E-state index is -0.598. The first-order valence-electron chi connectivity index (χ1n) is 14.3. The molecule has 3 heterocycles. The summed E-state index contributed by atoms with van der Waals surface area (Å²) in [6.07, 6.45) is 3.88. The van der Waals surface area contributed by atoms with E-state index in [9.17, 15) is 14.4 Å². The van der Waals surface area contributed by atoms with Gasteiger partial charge in [0, 0.05) is 43.4 Å². The molecule has 0 aliphatic carbocycles. The van der Waals surface area contributed by atoms with Gasteiger partial charge in [0.05, 0.1) is 34.4 Å². The highest BCUT2D eigenvalue weighted by Gasteiger charge is 2.16. The summed E-state index contributed by atoms with van der Waals surface area (Å²) in [6, 6.07) is 18.4. The van der Waals surface area contributed by atoms with Gasteiger partial charge in [-0.1, -0.05) is 31.2 Å². The first kappa shape index (κ1) is 31.3. The first-order valence-corrected chi connectivity index (χ1v) is 15.1. The normalized spacial score (nSPS) is 10.9. The summed E-state index contributed by atoms with van der Waals surface area (Å²) in [6.45, 7) is 2.97. The van der Waals surface area contributed by atoms with Crippen LogP contribution < -0.4 is 10.5 Å². The largest absolute Gasteiger partial charge is 0.453 e. The Labute approximate surface area is 263 Å². The standard InChI is InChI=1S/C34H31FN4O5S/c1-3-13-39(34(42)43-2)20-23-7-9-27(38-19-23)31-18-28-32(45-31)30(11-12-37-28)44-29-10-8-22(17-26(29)35)16-25(40)15-21-5-4-6-24(14-21)33(36)41/h4-12,14,17-19H,3,13,15-16,20H2,1-2H3,(H2,36,41). The highest BCUT2D eigenvalue weighted by molar-refractivity contribution is 7.22. The van der Waals surface area contributed by atoms with Gasteiger partial charge in [0.2, 0.25) is 5.91 Å². The van der Waals surface area contributed by atoms with Gasteiger partial charge in [-0.3, -0.25) is 19.6 Å². The third-order valence-corrected chi connectivity index (χ3v) is 8.14. The number of primary amides is 1. The van der Waals surface area contributed by atoms with Gasteiger partial charge in [0.1, 0.15) is 11.5 Å². The second kappa shape index (κ2) is 14.1. The SMILES string of the molecule is CCCN(Cc1ccc(-c2cc3nccc(Oc4ccc(CC(=O)Cc5cccc(C(N)=O)c5)cc4F)c3s2)nc1)C(=O)OC. The Bertz CT molecular complexity index is 1860. The second-order valence-electron chi connectivity index (χ2n) is 10.4. The molecule has 3 aromatic heterocycles. The lowest BCUT2D eigenvalue weighted by molar-refractivity contribution is -0.117. The van der Waals surface area contributed by atoms with E-state index < -0.39 is 11.7 Å². The fourth-order valence-electron chi connectivity index (χ4n) is 4.85. The number of carbonyl (C=O) groups is 3. The van der Waals surface area contributed by atoms with E-state index in [1.807, 2.05) is 25.1 Å². The van der Waals surface area contributed by atoms with Gasteiger partial charge in [0.15, 0.2) is 11.6 Å². The van der Waals surface area contributed by atoms with Crippen molar-refractivity contribution in [2.75, 3.05) is 13.7 Å². The zero-order valence-corrected chi connectivity index (χ0v) is 25.6. The molecule has 0 fully saturated rings. The number of fused-ring (bicyclic) bond motifs is 1. The molecule has 0 bridgehead atoms. The number of methoxy groups -OCH3 is 1. The second-order valence-corrected chi connectivity index (χ2v) is 11.5. The number of amides is 2. The van der Waals surface area contributed by atoms with Crippen molar-refractivity contribution < 1.29 is 28.2 Å². The Morgan fingerprint density at radius 2 is 1.71 bits per heavy atom. The maximum atomic E-state index is 15.1. The van der Waals surface area contributed by atoms with Crippen molar-refractivity contribution in [1.29, 1.82) is 0 Å². The number of thiophene rings is 1. The van der Waals surface area contributed by atoms with Crippen LogP contribution in [0.1, 0.15) is 40.4 Å². The molecule has 0 aliphatic heterocycles. The summed E-state index contributed by atoms with van der Waals surface area (Å²) < 4.78 is 26.7. The minimum absolute atomic E-state index is 0.0209. The molecule has 5 rings (SSSR count). The molecule has 9 nitrogen and oxygen atoms in total. The van der Waals surface area contributed by atoms with Gasteiger partial charge < -0.3 is 20.1 Å². The lowest BCUT2D eigenvalue weighted by atomic mass is 10.0. The van der Waals surface area contributed by atoms with E-state index in [2.05, 4.69) is 9.97 Å². The number of hydrogen-bond acceptors (Lipinski definition) is 8. The van der Waals surface area contributed by atoms with E-state index in [1.54, 1.807) is 53.7 Å². The van der Waals surface area contributed by atoms with Crippen LogP contribution in [-0.4, -0.2) is 46.3 Å². The molecule has 45 heavy (non-hydrogen) atoms. The molecule has 0 atom stereocenters. The number of nitrogens with two attached hydrogens (primary N) is 1. The van der Waals surface area contributed by atoms with E-state index in [-0.39, 0.29) is 30.5 Å². The van der Waals surface area contributed by atoms with Gasteiger partial charge in [0.25, 0.3) is 0 Å². The highest BCUT2D eigenvalue weighted by Crippen LogP contribution is 2.39. The molecule has 2 aromatic carbocycles. The zero-order valence-electron chi connectivity index (χ0n) is 24.8. The smallest absolute Gasteiger partial charge is 0.409 e. The number of carbonyl (C=O) groups excluding carboxylic acids is 3. The van der Waals surface area contributed by atoms with Gasteiger partial charge >= 0.3 is 6.09 Å². The Morgan fingerprint density at radius 1 is 0.933 bits per heavy atom. The number of nitrogens with zero attached hydrogens (tertiary/aromatic N) is 3. The summed E-state index contributed by atoms with van der Waals surface area (Å²) in [4.78, 5) is 47.6. The van der Waals surface area contributed by atoms with Crippen LogP contribution in [-0.2, 0) is 28.9 Å². The Kier molecular flexibility index (Phi) is 9.79. The van der Waals surface area contributed by atoms with Crippen molar-refractivity contribution in [3.63, 3.8) is 0 Å². The summed E-state index contributed by atoms with van der Waals surface area (Å²) in [5, 5.41) is 0. The average molecular weight is 627 g/mol. The molecule has 2 N–H and O–H groups in total. The molecule has 0 aliphatic rings. The number of Topliss-reactive ketones (excluding diaryl/α,β-unsaturated/α-hetero) is 1. The third kappa shape index (κ3) is 7.68. The lowest BCUT2D eigenvalue weighted by Gasteiger charge is -2.20. The maximum Gasteiger partial charge on any atom is 0.409 e. The molecule has 230 valence electrons. The summed E-state index contributed by atoms with van der Waals surface area (Å²) in [5.41, 5.74) is 9.11. The maximum absolute atomic E-state index is 15.1. The number of benzene rings is 2. The lowest BCUT2D eigenvalue weighted by Crippen LogP contribution is -2.31. The van der Waals surface area contributed by atoms with Crippen LogP contribution in [0.15, 0.2) is 79.1 Å². The molecule has 2 amide bonds. The third-order valence-electron chi connectivity index (χ3n) is 6.98. The summed E-state index contributed by atoms with van der Waals surface area (Å²) in [7, 11) is 1.37. The van der Waals surface area contributed by atoms with Crippen LogP contribution in [0.5, 0.6) is 11.5 Å². The van der Waals surface area contributed by atoms with Crippen molar-refractivity contribution in [3.8, 4) is 22.1 Å². The predicted octanol–water partition coefficient (Wildman–Crippen LogP) is 6.72. The van der Waals surface area contributed by atoms with Crippen molar-refractivity contribution in [2.24, 2.45) is 5.73 Å². The van der Waals surface area contributed by atoms with Crippen LogP contribution in [0.4, 0.5) is 9.18 Å². The molecule has 0 saturated heterocycles. The van der Waals surface area contributed by atoms with E-state index >= 15 is 4.39 Å². The Hall–Kier alpha value is -5.16. The van der Waals surface area contributed by atoms with Crippen molar-refractivity contribution >= 4 is 39.3 Å². The fraction of sp³-hybridized carbons (Fsp3) is 0.206. The minimum Gasteiger partial charge on any atom is -0.453 e. The number of hydrogen-bond donors (Lipinski definition) is 1. The summed E-state index contributed by atoms with van der Waals surface area (Å²) >= 11 is 1.42. The van der Waals surface area contributed by atoms with Gasteiger partial charge in [-0.2, -0.15) is 0 Å². The van der Waals surface area contributed by atoms with Gasteiger partial charge in [-0.15, -0.1) is 11.3 Å². The molecule has 0 saturated carbocycles. The van der Waals surface area contributed by atoms with Crippen LogP contribution in [0.3, 0.4) is 0 Å². The quantitative estimate of drug-likeness (QED) is 0.163. The van der Waals surface area contributed by atoms with Gasteiger partial charge in [-0.05, 0) is 59.5 Å². The van der Waals surface area contributed by atoms with Crippen LogP contribution >= 0.6 is 11.3 Å². The van der Waals surface area contributed by atoms with Crippen LogP contribution in [0.25, 0.3) is 20.8 Å². The molecule has 0 unspecified atom stereocenters. The van der Waals surface area contributed by atoms with Crippen molar-refractivity contribution in [2.45, 2.75) is 32.7 Å². The number of ketones is 1. The molecular formula is C34H31FN4O5S. The van der Waals surface area contributed by atoms with E-state index in [0.29, 0.717) is 41.0 Å². The number of pyridine rings is 2. The van der Waals surface area contributed by atoms with Crippen LogP contribution in [0, 0.1) is 5.82 Å². The van der Waals surface area contributed by atoms with Crippen LogP contribution in [0.2, 0.25) is 0 Å². The zero-order chi connectivity index (χ0) is 31.9. The van der Waals surface area contributed by atoms with Gasteiger partial charge in [-0.25, -0.2) is 9.18 Å². The van der Waals surface area contributed by atoms with Crippen molar-refractivity contribution in [1.82, 2.24) is 14.9 Å². The predicted molar refractivity (Wildman–Crippen MR) is 170 cm³/mol. The summed E-state index contributed by atoms with van der Waals surface area (Å²) in [5.74, 6) is -0.828. The van der Waals surface area contributed by atoms with E-state index in [0.717, 1.165) is 27.3 Å². The Morgan fingerprint density at radius 3 is 2.40 bits per heavy atom. The number of rotatable bonds is 12. The van der Waals surface area contributed by atoms with E-state index in [4.69, 9.17) is 15.2 Å². The topological polar surface area (TPSA) is 125 Å². The van der Waals surface area contributed by atoms with E-state index in [1.165, 1.54) is 30.6 Å². The molecule has 11 heteroatoms. The molecule has 5 aromatic rings. The number of aromatic nitrogens is 2. The fourth-order valence-corrected chi connectivity index (χ4v) is 5.89. The highest BCUT2D eigenvalue weighted by atomic mass is 32.1. The van der Waals surface area contributed by atoms with Crippen molar-refractivity contribution in [3.05, 3.63) is 107 Å². The monoisotopic (exact) mass is 626 g/mol.